The zero-order valence-electron chi connectivity index (χ0n) is 17.8. The molecule has 5 nitrogen and oxygen atoms in total. The number of ether oxygens (including phenoxy) is 1. The van der Waals surface area contributed by atoms with Crippen molar-refractivity contribution in [3.63, 3.8) is 0 Å². The van der Waals surface area contributed by atoms with Crippen molar-refractivity contribution in [2.75, 3.05) is 19.6 Å². The fraction of sp³-hybridized carbons (Fsp3) is 0.333. The zero-order chi connectivity index (χ0) is 22.2. The maximum Gasteiger partial charge on any atom is 0.410 e. The summed E-state index contributed by atoms with van der Waals surface area (Å²) in [4.78, 5) is 18.9. The highest BCUT2D eigenvalue weighted by molar-refractivity contribution is 6.37. The van der Waals surface area contributed by atoms with Gasteiger partial charge in [0, 0.05) is 47.4 Å². The minimum Gasteiger partial charge on any atom is -0.444 e. The van der Waals surface area contributed by atoms with Crippen LogP contribution in [0.4, 0.5) is 4.79 Å². The number of nitrogens with one attached hydrogen (secondary N) is 1. The predicted molar refractivity (Wildman–Crippen MR) is 126 cm³/mol. The first-order chi connectivity index (χ1) is 14.7. The number of hydrogen-bond donors (Lipinski definition) is 1. The molecule has 7 heteroatoms. The van der Waals surface area contributed by atoms with E-state index in [9.17, 15) is 4.79 Å². The molecule has 1 aliphatic rings. The number of rotatable bonds is 2. The van der Waals surface area contributed by atoms with Gasteiger partial charge in [-0.15, -0.1) is 0 Å². The molecule has 1 unspecified atom stereocenters. The van der Waals surface area contributed by atoms with Crippen LogP contribution < -0.4 is 5.32 Å². The molecule has 3 aromatic rings. The van der Waals surface area contributed by atoms with Gasteiger partial charge in [0.15, 0.2) is 0 Å². The van der Waals surface area contributed by atoms with E-state index in [4.69, 9.17) is 27.9 Å². The number of pyridine rings is 1. The molecule has 1 fully saturated rings. The van der Waals surface area contributed by atoms with Gasteiger partial charge in [0.2, 0.25) is 0 Å². The molecule has 162 valence electrons. The number of hydrogen-bond acceptors (Lipinski definition) is 4. The lowest BCUT2D eigenvalue weighted by Gasteiger charge is -2.35. The Balaban J connectivity index is 1.71. The summed E-state index contributed by atoms with van der Waals surface area (Å²) >= 11 is 13.0. The molecule has 2 heterocycles. The molecule has 0 aliphatic carbocycles. The van der Waals surface area contributed by atoms with Crippen LogP contribution >= 0.6 is 23.2 Å². The molecule has 0 bridgehead atoms. The molecule has 0 spiro atoms. The van der Waals surface area contributed by atoms with Gasteiger partial charge in [0.1, 0.15) is 5.60 Å². The van der Waals surface area contributed by atoms with Gasteiger partial charge in [-0.2, -0.15) is 0 Å². The number of piperazine rings is 1. The normalized spacial score (nSPS) is 17.1. The van der Waals surface area contributed by atoms with Crippen molar-refractivity contribution in [3.8, 4) is 11.1 Å². The molecule has 1 N–H and O–H groups in total. The molecule has 31 heavy (non-hydrogen) atoms. The number of amides is 1. The summed E-state index contributed by atoms with van der Waals surface area (Å²) in [5.41, 5.74) is 3.06. The standard InChI is InChI=1S/C24H25Cl2N3O2/c1-24(2,3)31-23(30)29-11-10-28-22(14-29)16-8-9-27-21-13-20(26)17(12-18(16)21)15-6-4-5-7-19(15)25/h4-9,12-13,22,28H,10-11,14H2,1-3H3. The molecule has 4 rings (SSSR count). The first-order valence-electron chi connectivity index (χ1n) is 10.3. The maximum atomic E-state index is 12.6. The average Bonchev–Trinajstić information content (AvgIpc) is 2.72. The zero-order valence-corrected chi connectivity index (χ0v) is 19.3. The van der Waals surface area contributed by atoms with Crippen LogP contribution in [0, 0.1) is 0 Å². The Labute approximate surface area is 192 Å². The van der Waals surface area contributed by atoms with Crippen LogP contribution in [0.3, 0.4) is 0 Å². The average molecular weight is 458 g/mol. The van der Waals surface area contributed by atoms with E-state index in [-0.39, 0.29) is 12.1 Å². The van der Waals surface area contributed by atoms with Crippen LogP contribution in [0.25, 0.3) is 22.0 Å². The van der Waals surface area contributed by atoms with E-state index in [2.05, 4.69) is 10.3 Å². The van der Waals surface area contributed by atoms with Crippen molar-refractivity contribution in [1.29, 1.82) is 0 Å². The smallest absolute Gasteiger partial charge is 0.410 e. The van der Waals surface area contributed by atoms with E-state index < -0.39 is 5.60 Å². The van der Waals surface area contributed by atoms with Crippen molar-refractivity contribution < 1.29 is 9.53 Å². The van der Waals surface area contributed by atoms with Crippen molar-refractivity contribution >= 4 is 40.2 Å². The number of aromatic nitrogens is 1. The molecule has 1 aromatic heterocycles. The van der Waals surface area contributed by atoms with Crippen molar-refractivity contribution in [1.82, 2.24) is 15.2 Å². The highest BCUT2D eigenvalue weighted by Gasteiger charge is 2.29. The molecule has 1 aliphatic heterocycles. The molecule has 0 radical (unpaired) electrons. The van der Waals surface area contributed by atoms with Gasteiger partial charge in [-0.05, 0) is 50.6 Å². The highest BCUT2D eigenvalue weighted by atomic mass is 35.5. The van der Waals surface area contributed by atoms with Gasteiger partial charge in [-0.25, -0.2) is 4.79 Å². The molecule has 1 atom stereocenters. The third kappa shape index (κ3) is 4.79. The second-order valence-electron chi connectivity index (χ2n) is 8.66. The summed E-state index contributed by atoms with van der Waals surface area (Å²) in [6.07, 6.45) is 1.48. The third-order valence-corrected chi connectivity index (χ3v) is 5.87. The first-order valence-corrected chi connectivity index (χ1v) is 11.0. The monoisotopic (exact) mass is 457 g/mol. The van der Waals surface area contributed by atoms with E-state index >= 15 is 0 Å². The second-order valence-corrected chi connectivity index (χ2v) is 9.48. The Morgan fingerprint density at radius 2 is 1.90 bits per heavy atom. The summed E-state index contributed by atoms with van der Waals surface area (Å²) < 4.78 is 5.57. The SMILES string of the molecule is CC(C)(C)OC(=O)N1CCNC(c2ccnc3cc(Cl)c(-c4ccccc4Cl)cc23)C1. The van der Waals surface area contributed by atoms with Gasteiger partial charge < -0.3 is 15.0 Å². The lowest BCUT2D eigenvalue weighted by Crippen LogP contribution is -2.49. The van der Waals surface area contributed by atoms with Crippen molar-refractivity contribution in [3.05, 3.63) is 64.3 Å². The summed E-state index contributed by atoms with van der Waals surface area (Å²) in [6.45, 7) is 7.42. The van der Waals surface area contributed by atoms with Crippen LogP contribution in [0.15, 0.2) is 48.7 Å². The minimum atomic E-state index is -0.526. The minimum absolute atomic E-state index is 0.0490. The van der Waals surface area contributed by atoms with E-state index in [0.29, 0.717) is 29.7 Å². The summed E-state index contributed by atoms with van der Waals surface area (Å²) in [5.74, 6) is 0. The number of carbonyl (C=O) groups excluding carboxylic acids is 1. The van der Waals surface area contributed by atoms with Crippen molar-refractivity contribution in [2.45, 2.75) is 32.4 Å². The Hall–Kier alpha value is -2.34. The Morgan fingerprint density at radius 3 is 2.65 bits per heavy atom. The molecular weight excluding hydrogens is 433 g/mol. The Kier molecular flexibility index (Phi) is 6.11. The largest absolute Gasteiger partial charge is 0.444 e. The van der Waals surface area contributed by atoms with Crippen LogP contribution in [0.2, 0.25) is 10.0 Å². The van der Waals surface area contributed by atoms with Gasteiger partial charge in [0.05, 0.1) is 16.6 Å². The summed E-state index contributed by atoms with van der Waals surface area (Å²) in [5, 5.41) is 5.74. The lowest BCUT2D eigenvalue weighted by molar-refractivity contribution is 0.0195. The Morgan fingerprint density at radius 1 is 1.13 bits per heavy atom. The van der Waals surface area contributed by atoms with Gasteiger partial charge in [0.25, 0.3) is 0 Å². The molecule has 1 amide bonds. The van der Waals surface area contributed by atoms with Gasteiger partial charge in [-0.3, -0.25) is 4.98 Å². The highest BCUT2D eigenvalue weighted by Crippen LogP contribution is 2.37. The number of carbonyl (C=O) groups is 1. The molecule has 1 saturated heterocycles. The topological polar surface area (TPSA) is 54.5 Å². The number of nitrogens with zero attached hydrogens (tertiary/aromatic N) is 2. The predicted octanol–water partition coefficient (Wildman–Crippen LogP) is 6.09. The fourth-order valence-electron chi connectivity index (χ4n) is 3.83. The number of halogens is 2. The van der Waals surface area contributed by atoms with E-state index in [1.807, 2.05) is 63.2 Å². The molecule has 2 aromatic carbocycles. The van der Waals surface area contributed by atoms with Gasteiger partial charge in [-0.1, -0.05) is 41.4 Å². The quantitative estimate of drug-likeness (QED) is 0.505. The summed E-state index contributed by atoms with van der Waals surface area (Å²) in [7, 11) is 0. The lowest BCUT2D eigenvalue weighted by atomic mass is 9.96. The first kappa shape index (κ1) is 21.9. The van der Waals surface area contributed by atoms with Crippen LogP contribution in [0.5, 0.6) is 0 Å². The van der Waals surface area contributed by atoms with Gasteiger partial charge >= 0.3 is 6.09 Å². The second kappa shape index (κ2) is 8.65. The molecule has 0 saturated carbocycles. The maximum absolute atomic E-state index is 12.6. The van der Waals surface area contributed by atoms with E-state index in [1.165, 1.54) is 0 Å². The fourth-order valence-corrected chi connectivity index (χ4v) is 4.33. The number of benzene rings is 2. The number of fused-ring (bicyclic) bond motifs is 1. The van der Waals surface area contributed by atoms with E-state index in [1.54, 1.807) is 11.1 Å². The molecular formula is C24H25Cl2N3O2. The van der Waals surface area contributed by atoms with Crippen LogP contribution in [0.1, 0.15) is 32.4 Å². The summed E-state index contributed by atoms with van der Waals surface area (Å²) in [6, 6.07) is 13.5. The van der Waals surface area contributed by atoms with Crippen molar-refractivity contribution in [2.24, 2.45) is 0 Å². The third-order valence-electron chi connectivity index (χ3n) is 5.23. The Bertz CT molecular complexity index is 1130. The van der Waals surface area contributed by atoms with E-state index in [0.717, 1.165) is 27.6 Å². The van der Waals surface area contributed by atoms with Crippen LogP contribution in [-0.2, 0) is 4.74 Å². The van der Waals surface area contributed by atoms with Crippen LogP contribution in [-0.4, -0.2) is 41.2 Å².